The molecule has 2 unspecified atom stereocenters. The van der Waals surface area contributed by atoms with Crippen LogP contribution >= 0.6 is 11.6 Å². The Kier molecular flexibility index (Phi) is 4.65. The van der Waals surface area contributed by atoms with Crippen LogP contribution in [0.25, 0.3) is 10.9 Å². The molecule has 2 aromatic rings. The average Bonchev–Trinajstić information content (AvgIpc) is 2.53. The number of rotatable bonds is 2. The first-order chi connectivity index (χ1) is 11.7. The Labute approximate surface area is 146 Å². The van der Waals surface area contributed by atoms with Crippen molar-refractivity contribution in [3.8, 4) is 0 Å². The molecule has 0 radical (unpaired) electrons. The van der Waals surface area contributed by atoms with Gasteiger partial charge >= 0.3 is 6.18 Å². The molecule has 1 aliphatic heterocycles. The number of fused-ring (bicyclic) bond motifs is 1. The van der Waals surface area contributed by atoms with E-state index < -0.39 is 30.4 Å². The van der Waals surface area contributed by atoms with Gasteiger partial charge in [0, 0.05) is 13.1 Å². The SMILES string of the molecule is CC(N)c1nc2cccc(Cl)c2c(=O)n1N1CCNC(C(F)(F)F)C1. The summed E-state index contributed by atoms with van der Waals surface area (Å²) in [6.07, 6.45) is -4.42. The predicted octanol–water partition coefficient (Wildman–Crippen LogP) is 1.54. The Bertz CT molecular complexity index is 851. The monoisotopic (exact) mass is 375 g/mol. The number of benzene rings is 1. The van der Waals surface area contributed by atoms with E-state index in [9.17, 15) is 18.0 Å². The van der Waals surface area contributed by atoms with Crippen LogP contribution in [0.1, 0.15) is 18.8 Å². The zero-order valence-corrected chi connectivity index (χ0v) is 14.1. The van der Waals surface area contributed by atoms with Crippen molar-refractivity contribution in [1.29, 1.82) is 0 Å². The maximum absolute atomic E-state index is 13.1. The third kappa shape index (κ3) is 3.31. The number of nitrogens with two attached hydrogens (primary N) is 1. The summed E-state index contributed by atoms with van der Waals surface area (Å²) in [4.78, 5) is 17.3. The Morgan fingerprint density at radius 3 is 2.80 bits per heavy atom. The molecule has 1 aromatic carbocycles. The molecule has 3 N–H and O–H groups in total. The number of nitrogens with one attached hydrogen (secondary N) is 1. The molecule has 25 heavy (non-hydrogen) atoms. The Balaban J connectivity index is 2.17. The Morgan fingerprint density at radius 2 is 2.16 bits per heavy atom. The van der Waals surface area contributed by atoms with Gasteiger partial charge in [0.15, 0.2) is 0 Å². The molecule has 0 bridgehead atoms. The topological polar surface area (TPSA) is 76.2 Å². The van der Waals surface area contributed by atoms with Crippen molar-refractivity contribution in [2.24, 2.45) is 5.73 Å². The Morgan fingerprint density at radius 1 is 1.44 bits per heavy atom. The van der Waals surface area contributed by atoms with E-state index in [-0.39, 0.29) is 29.3 Å². The van der Waals surface area contributed by atoms with Crippen LogP contribution in [0, 0.1) is 0 Å². The van der Waals surface area contributed by atoms with Crippen LogP contribution in [0.4, 0.5) is 13.2 Å². The first kappa shape index (κ1) is 18.0. The molecule has 0 saturated carbocycles. The van der Waals surface area contributed by atoms with Crippen molar-refractivity contribution in [2.45, 2.75) is 25.2 Å². The molecule has 3 rings (SSSR count). The summed E-state index contributed by atoms with van der Waals surface area (Å²) in [6, 6.07) is 2.43. The highest BCUT2D eigenvalue weighted by Crippen LogP contribution is 2.24. The van der Waals surface area contributed by atoms with Crippen molar-refractivity contribution in [3.05, 3.63) is 39.4 Å². The maximum Gasteiger partial charge on any atom is 0.405 e. The van der Waals surface area contributed by atoms with E-state index in [0.29, 0.717) is 5.52 Å². The molecule has 0 spiro atoms. The van der Waals surface area contributed by atoms with E-state index in [1.807, 2.05) is 0 Å². The molecular weight excluding hydrogens is 359 g/mol. The lowest BCUT2D eigenvalue weighted by Gasteiger charge is -2.37. The fourth-order valence-corrected chi connectivity index (χ4v) is 3.15. The van der Waals surface area contributed by atoms with Gasteiger partial charge in [-0.2, -0.15) is 13.2 Å². The highest BCUT2D eigenvalue weighted by molar-refractivity contribution is 6.35. The molecule has 1 saturated heterocycles. The molecule has 2 atom stereocenters. The minimum atomic E-state index is -4.42. The van der Waals surface area contributed by atoms with Gasteiger partial charge in [0.25, 0.3) is 5.56 Å². The second-order valence-electron chi connectivity index (χ2n) is 5.97. The minimum absolute atomic E-state index is 0.0789. The predicted molar refractivity (Wildman–Crippen MR) is 89.4 cm³/mol. The van der Waals surface area contributed by atoms with Crippen LogP contribution < -0.4 is 21.6 Å². The highest BCUT2D eigenvalue weighted by atomic mass is 35.5. The van der Waals surface area contributed by atoms with Gasteiger partial charge in [0.05, 0.1) is 28.5 Å². The van der Waals surface area contributed by atoms with Gasteiger partial charge in [-0.1, -0.05) is 17.7 Å². The highest BCUT2D eigenvalue weighted by Gasteiger charge is 2.42. The van der Waals surface area contributed by atoms with E-state index >= 15 is 0 Å². The summed E-state index contributed by atoms with van der Waals surface area (Å²) in [6.45, 7) is 1.50. The van der Waals surface area contributed by atoms with Crippen LogP contribution in [0.5, 0.6) is 0 Å². The van der Waals surface area contributed by atoms with E-state index in [1.165, 1.54) is 5.01 Å². The lowest BCUT2D eigenvalue weighted by Crippen LogP contribution is -2.62. The molecule has 136 valence electrons. The molecule has 2 heterocycles. The molecule has 1 aromatic heterocycles. The second-order valence-corrected chi connectivity index (χ2v) is 6.38. The first-order valence-electron chi connectivity index (χ1n) is 7.72. The van der Waals surface area contributed by atoms with Crippen LogP contribution in [-0.2, 0) is 0 Å². The molecule has 6 nitrogen and oxygen atoms in total. The summed E-state index contributed by atoms with van der Waals surface area (Å²) >= 11 is 6.11. The number of aromatic nitrogens is 2. The number of halogens is 4. The van der Waals surface area contributed by atoms with Crippen LogP contribution in [0.15, 0.2) is 23.0 Å². The number of hydrogen-bond donors (Lipinski definition) is 2. The van der Waals surface area contributed by atoms with Crippen LogP contribution in [-0.4, -0.2) is 41.5 Å². The van der Waals surface area contributed by atoms with Gasteiger partial charge in [0.2, 0.25) is 0 Å². The van der Waals surface area contributed by atoms with Crippen molar-refractivity contribution < 1.29 is 13.2 Å². The summed E-state index contributed by atoms with van der Waals surface area (Å²) in [5, 5.41) is 4.10. The average molecular weight is 376 g/mol. The summed E-state index contributed by atoms with van der Waals surface area (Å²) in [5.41, 5.74) is 5.76. The lowest BCUT2D eigenvalue weighted by molar-refractivity contribution is -0.156. The van der Waals surface area contributed by atoms with Gasteiger partial charge in [-0.15, -0.1) is 0 Å². The first-order valence-corrected chi connectivity index (χ1v) is 8.10. The van der Waals surface area contributed by atoms with Crippen LogP contribution in [0.2, 0.25) is 5.02 Å². The third-order valence-corrected chi connectivity index (χ3v) is 4.40. The quantitative estimate of drug-likeness (QED) is 0.832. The van der Waals surface area contributed by atoms with Crippen LogP contribution in [0.3, 0.4) is 0 Å². The third-order valence-electron chi connectivity index (χ3n) is 4.09. The van der Waals surface area contributed by atoms with Gasteiger partial charge < -0.3 is 16.1 Å². The maximum atomic E-state index is 13.1. The smallest absolute Gasteiger partial charge is 0.322 e. The van der Waals surface area contributed by atoms with Crippen molar-refractivity contribution in [3.63, 3.8) is 0 Å². The summed E-state index contributed by atoms with van der Waals surface area (Å²) in [7, 11) is 0. The number of hydrogen-bond acceptors (Lipinski definition) is 5. The van der Waals surface area contributed by atoms with E-state index in [2.05, 4.69) is 10.3 Å². The number of piperazine rings is 1. The molecular formula is C15H17ClF3N5O. The molecule has 0 aliphatic carbocycles. The number of alkyl halides is 3. The zero-order chi connectivity index (χ0) is 18.4. The fraction of sp³-hybridized carbons (Fsp3) is 0.467. The van der Waals surface area contributed by atoms with Gasteiger partial charge in [-0.3, -0.25) is 4.79 Å². The standard InChI is InChI=1S/C15H17ClF3N5O/c1-8(20)13-22-10-4-2-3-9(16)12(10)14(25)24(13)23-6-5-21-11(7-23)15(17,18)19/h2-4,8,11,21H,5-7,20H2,1H3. The minimum Gasteiger partial charge on any atom is -0.322 e. The zero-order valence-electron chi connectivity index (χ0n) is 13.3. The molecule has 1 fully saturated rings. The summed E-state index contributed by atoms with van der Waals surface area (Å²) in [5.74, 6) is 0.197. The van der Waals surface area contributed by atoms with Gasteiger partial charge in [-0.05, 0) is 19.1 Å². The number of nitrogens with zero attached hydrogens (tertiary/aromatic N) is 3. The van der Waals surface area contributed by atoms with Crippen molar-refractivity contribution >= 4 is 22.5 Å². The second kappa shape index (κ2) is 6.47. The summed E-state index contributed by atoms with van der Waals surface area (Å²) < 4.78 is 40.3. The fourth-order valence-electron chi connectivity index (χ4n) is 2.90. The van der Waals surface area contributed by atoms with Gasteiger partial charge in [0.1, 0.15) is 11.9 Å². The van der Waals surface area contributed by atoms with E-state index in [1.54, 1.807) is 25.1 Å². The Hall–Kier alpha value is -1.84. The van der Waals surface area contributed by atoms with E-state index in [0.717, 1.165) is 4.68 Å². The normalized spacial score (nSPS) is 20.1. The largest absolute Gasteiger partial charge is 0.405 e. The molecule has 10 heteroatoms. The molecule has 1 aliphatic rings. The van der Waals surface area contributed by atoms with Crippen molar-refractivity contribution in [1.82, 2.24) is 15.0 Å². The van der Waals surface area contributed by atoms with Crippen molar-refractivity contribution in [2.75, 3.05) is 24.6 Å². The molecule has 0 amide bonds. The van der Waals surface area contributed by atoms with Gasteiger partial charge in [-0.25, -0.2) is 9.66 Å². The van der Waals surface area contributed by atoms with E-state index in [4.69, 9.17) is 17.3 Å². The lowest BCUT2D eigenvalue weighted by atomic mass is 10.2.